The molecule has 1 heterocycles. The molecule has 0 spiro atoms. The Morgan fingerprint density at radius 2 is 1.00 bits per heavy atom. The molecular formula is C31H27NO4. The summed E-state index contributed by atoms with van der Waals surface area (Å²) in [6.45, 7) is 0. The van der Waals surface area contributed by atoms with Crippen LogP contribution in [-0.2, 0) is 24.5 Å². The van der Waals surface area contributed by atoms with Crippen LogP contribution in [0.25, 0.3) is 0 Å². The van der Waals surface area contributed by atoms with E-state index < -0.39 is 28.9 Å². The highest BCUT2D eigenvalue weighted by molar-refractivity contribution is 6.14. The number of carbonyl (C=O) groups excluding carboxylic acids is 2. The minimum Gasteiger partial charge on any atom is -0.467 e. The third-order valence-electron chi connectivity index (χ3n) is 7.17. The van der Waals surface area contributed by atoms with E-state index in [2.05, 4.69) is 0 Å². The van der Waals surface area contributed by atoms with Gasteiger partial charge in [0.25, 0.3) is 5.54 Å². The van der Waals surface area contributed by atoms with E-state index in [1.165, 1.54) is 14.2 Å². The fraction of sp³-hybridized carbons (Fsp3) is 0.161. The van der Waals surface area contributed by atoms with Crippen LogP contribution in [-0.4, -0.2) is 31.7 Å². The number of nitrogens with zero attached hydrogens (tertiary/aromatic N) is 1. The molecule has 0 aromatic heterocycles. The van der Waals surface area contributed by atoms with Crippen molar-refractivity contribution in [2.75, 3.05) is 19.1 Å². The highest BCUT2D eigenvalue weighted by atomic mass is 16.5. The molecule has 1 saturated heterocycles. The number of esters is 2. The fourth-order valence-corrected chi connectivity index (χ4v) is 5.87. The molecule has 1 aliphatic rings. The van der Waals surface area contributed by atoms with Crippen molar-refractivity contribution in [3.05, 3.63) is 138 Å². The van der Waals surface area contributed by atoms with Crippen LogP contribution in [0.1, 0.15) is 22.7 Å². The lowest BCUT2D eigenvalue weighted by Crippen LogP contribution is -2.85. The highest BCUT2D eigenvalue weighted by Gasteiger charge is 2.81. The smallest absolute Gasteiger partial charge is 0.345 e. The number of carbonyl (C=O) groups is 2. The second kappa shape index (κ2) is 9.34. The van der Waals surface area contributed by atoms with E-state index in [4.69, 9.17) is 9.47 Å². The van der Waals surface area contributed by atoms with Crippen molar-refractivity contribution in [2.24, 2.45) is 0 Å². The summed E-state index contributed by atoms with van der Waals surface area (Å²) in [5, 5.41) is 0. The summed E-state index contributed by atoms with van der Waals surface area (Å²) in [7, 11) is 2.62. The van der Waals surface area contributed by atoms with Crippen LogP contribution in [0.15, 0.2) is 121 Å². The minimum absolute atomic E-state index is 0.427. The normalized spacial score (nSPS) is 17.5. The van der Waals surface area contributed by atoms with Gasteiger partial charge in [-0.1, -0.05) is 109 Å². The van der Waals surface area contributed by atoms with Gasteiger partial charge in [-0.05, 0) is 28.8 Å². The maximum absolute atomic E-state index is 14.1. The van der Waals surface area contributed by atoms with Crippen LogP contribution >= 0.6 is 0 Å². The molecule has 0 saturated carbocycles. The van der Waals surface area contributed by atoms with Crippen LogP contribution in [0.5, 0.6) is 0 Å². The van der Waals surface area contributed by atoms with E-state index in [9.17, 15) is 9.59 Å². The number of hydrogen-bond donors (Lipinski definition) is 0. The van der Waals surface area contributed by atoms with Gasteiger partial charge in [-0.2, -0.15) is 0 Å². The predicted molar refractivity (Wildman–Crippen MR) is 139 cm³/mol. The Balaban J connectivity index is 1.98. The van der Waals surface area contributed by atoms with Crippen molar-refractivity contribution in [1.82, 2.24) is 0 Å². The summed E-state index contributed by atoms with van der Waals surface area (Å²) >= 11 is 0. The van der Waals surface area contributed by atoms with Gasteiger partial charge >= 0.3 is 11.9 Å². The molecule has 4 aromatic carbocycles. The Bertz CT molecular complexity index is 1290. The zero-order valence-corrected chi connectivity index (χ0v) is 20.2. The molecule has 0 amide bonds. The predicted octanol–water partition coefficient (Wildman–Crippen LogP) is 5.32. The zero-order chi connectivity index (χ0) is 25.2. The van der Waals surface area contributed by atoms with E-state index >= 15 is 0 Å². The van der Waals surface area contributed by atoms with E-state index in [-0.39, 0.29) is 0 Å². The molecule has 36 heavy (non-hydrogen) atoms. The van der Waals surface area contributed by atoms with E-state index in [1.807, 2.05) is 126 Å². The van der Waals surface area contributed by atoms with Crippen molar-refractivity contribution in [1.29, 1.82) is 0 Å². The van der Waals surface area contributed by atoms with Crippen molar-refractivity contribution >= 4 is 17.6 Å². The molecule has 5 rings (SSSR count). The molecule has 0 N–H and O–H groups in total. The Kier molecular flexibility index (Phi) is 6.06. The van der Waals surface area contributed by atoms with Gasteiger partial charge in [0.15, 0.2) is 0 Å². The van der Waals surface area contributed by atoms with Crippen LogP contribution in [0.4, 0.5) is 5.69 Å². The summed E-state index contributed by atoms with van der Waals surface area (Å²) in [5.74, 6) is -1.36. The quantitative estimate of drug-likeness (QED) is 0.278. The first kappa shape index (κ1) is 23.4. The first-order valence-electron chi connectivity index (χ1n) is 11.8. The van der Waals surface area contributed by atoms with Crippen molar-refractivity contribution < 1.29 is 19.1 Å². The first-order valence-corrected chi connectivity index (χ1v) is 11.8. The SMILES string of the molecule is COC(=O)C1(C(=O)OC)N(c2ccccc2)C(c2ccccc2)C1(c1ccccc1)c1ccccc1. The minimum atomic E-state index is -1.83. The molecule has 5 heteroatoms. The third-order valence-corrected chi connectivity index (χ3v) is 7.17. The van der Waals surface area contributed by atoms with Crippen LogP contribution in [0, 0.1) is 0 Å². The average Bonchev–Trinajstić information content (AvgIpc) is 2.95. The lowest BCUT2D eigenvalue weighted by Gasteiger charge is -2.68. The summed E-state index contributed by atoms with van der Waals surface area (Å²) < 4.78 is 10.9. The van der Waals surface area contributed by atoms with Gasteiger partial charge in [-0.15, -0.1) is 0 Å². The number of methoxy groups -OCH3 is 2. The van der Waals surface area contributed by atoms with E-state index in [0.29, 0.717) is 5.69 Å². The van der Waals surface area contributed by atoms with E-state index in [1.54, 1.807) is 0 Å². The number of benzene rings is 4. The Hall–Kier alpha value is -4.38. The van der Waals surface area contributed by atoms with Gasteiger partial charge in [-0.3, -0.25) is 0 Å². The molecule has 1 unspecified atom stereocenters. The zero-order valence-electron chi connectivity index (χ0n) is 20.2. The van der Waals surface area contributed by atoms with Crippen LogP contribution in [0.2, 0.25) is 0 Å². The first-order chi connectivity index (χ1) is 17.6. The molecule has 0 aliphatic carbocycles. The summed E-state index contributed by atoms with van der Waals surface area (Å²) in [4.78, 5) is 30.0. The summed E-state index contributed by atoms with van der Waals surface area (Å²) in [6.07, 6.45) is 0. The molecule has 1 fully saturated rings. The summed E-state index contributed by atoms with van der Waals surface area (Å²) in [6, 6.07) is 38.4. The van der Waals surface area contributed by atoms with Gasteiger partial charge in [-0.25, -0.2) is 9.59 Å². The Morgan fingerprint density at radius 1 is 0.611 bits per heavy atom. The second-order valence-electron chi connectivity index (χ2n) is 8.75. The lowest BCUT2D eigenvalue weighted by atomic mass is 9.47. The second-order valence-corrected chi connectivity index (χ2v) is 8.75. The molecule has 1 aliphatic heterocycles. The molecule has 0 radical (unpaired) electrons. The monoisotopic (exact) mass is 477 g/mol. The Morgan fingerprint density at radius 3 is 1.42 bits per heavy atom. The third kappa shape index (κ3) is 3.09. The molecule has 1 atom stereocenters. The van der Waals surface area contributed by atoms with Crippen LogP contribution in [0.3, 0.4) is 0 Å². The fourth-order valence-electron chi connectivity index (χ4n) is 5.87. The van der Waals surface area contributed by atoms with Gasteiger partial charge in [0.05, 0.1) is 25.7 Å². The van der Waals surface area contributed by atoms with E-state index in [0.717, 1.165) is 16.7 Å². The average molecular weight is 478 g/mol. The maximum Gasteiger partial charge on any atom is 0.345 e. The molecular weight excluding hydrogens is 450 g/mol. The van der Waals surface area contributed by atoms with Gasteiger partial charge < -0.3 is 14.4 Å². The maximum atomic E-state index is 14.1. The summed E-state index contributed by atoms with van der Waals surface area (Å²) in [5.41, 5.74) is 0.303. The number of ether oxygens (including phenoxy) is 2. The van der Waals surface area contributed by atoms with Crippen molar-refractivity contribution in [3.8, 4) is 0 Å². The van der Waals surface area contributed by atoms with Gasteiger partial charge in [0.1, 0.15) is 0 Å². The number of anilines is 1. The lowest BCUT2D eigenvalue weighted by molar-refractivity contribution is -0.173. The molecule has 0 bridgehead atoms. The van der Waals surface area contributed by atoms with Crippen molar-refractivity contribution in [2.45, 2.75) is 17.0 Å². The molecule has 5 nitrogen and oxygen atoms in total. The number of rotatable bonds is 6. The van der Waals surface area contributed by atoms with Crippen molar-refractivity contribution in [3.63, 3.8) is 0 Å². The molecule has 180 valence electrons. The largest absolute Gasteiger partial charge is 0.467 e. The molecule has 4 aromatic rings. The Labute approximate surface area is 210 Å². The number of hydrogen-bond acceptors (Lipinski definition) is 5. The number of para-hydroxylation sites is 1. The van der Waals surface area contributed by atoms with Crippen LogP contribution < -0.4 is 4.90 Å². The topological polar surface area (TPSA) is 55.8 Å². The van der Waals surface area contributed by atoms with Gasteiger partial charge in [0.2, 0.25) is 0 Å². The standard InChI is InChI=1S/C31H27NO4/c1-35-28(33)31(29(34)36-2)30(24-17-9-4-10-18-24,25-19-11-5-12-20-25)27(23-15-7-3-8-16-23)32(31)26-21-13-6-14-22-26/h3-22,27H,1-2H3. The van der Waals surface area contributed by atoms with Gasteiger partial charge in [0, 0.05) is 5.69 Å². The highest BCUT2D eigenvalue weighted by Crippen LogP contribution is 2.66.